The lowest BCUT2D eigenvalue weighted by molar-refractivity contribution is -0.153. The monoisotopic (exact) mass is 680 g/mol. The molecule has 10 nitrogen and oxygen atoms in total. The van der Waals surface area contributed by atoms with E-state index in [9.17, 15) is 18.0 Å². The van der Waals surface area contributed by atoms with Crippen LogP contribution in [-0.2, 0) is 42.8 Å². The van der Waals surface area contributed by atoms with Gasteiger partial charge in [-0.25, -0.2) is 23.2 Å². The first kappa shape index (κ1) is 38.6. The molecule has 0 unspecified atom stereocenters. The van der Waals surface area contributed by atoms with Gasteiger partial charge in [-0.3, -0.25) is 9.69 Å². The fraction of sp³-hybridized carbons (Fsp3) is 0.514. The molecule has 11 heteroatoms. The second-order valence-electron chi connectivity index (χ2n) is 15.9. The van der Waals surface area contributed by atoms with E-state index in [0.717, 1.165) is 16.9 Å². The molecular weight excluding hydrogens is 628 g/mol. The Bertz CT molecular complexity index is 1650. The van der Waals surface area contributed by atoms with E-state index >= 15 is 0 Å². The molecule has 0 aliphatic carbocycles. The molecule has 3 aromatic rings. The van der Waals surface area contributed by atoms with Gasteiger partial charge in [0.15, 0.2) is 5.03 Å². The fourth-order valence-electron chi connectivity index (χ4n) is 5.50. The number of hydrogen-bond acceptors (Lipinski definition) is 8. The topological polar surface area (TPSA) is 119 Å². The first-order chi connectivity index (χ1) is 22.0. The van der Waals surface area contributed by atoms with Gasteiger partial charge >= 0.3 is 12.1 Å². The highest BCUT2D eigenvalue weighted by Gasteiger charge is 2.31. The van der Waals surface area contributed by atoms with E-state index in [2.05, 4.69) is 56.7 Å². The van der Waals surface area contributed by atoms with Crippen LogP contribution in [0.4, 0.5) is 10.6 Å². The molecule has 0 aliphatic rings. The maximum atomic E-state index is 14.0. The molecule has 2 heterocycles. The quantitative estimate of drug-likeness (QED) is 0.189. The van der Waals surface area contributed by atoms with Gasteiger partial charge in [0.2, 0.25) is 0 Å². The van der Waals surface area contributed by atoms with E-state index in [1.807, 2.05) is 12.1 Å². The standard InChI is InChI=1S/C37H52N4O6S/c1-34(2,3)26-37(10,11)28-20-18-27(19-21-28)23-40(48(44,45)31-17-12-13-22-38-31)24-29-15-14-16-30(39-29)41(33(43)47-36(7,8)9)25-32(42)46-35(4,5)6/h12-22H,23-26H2,1-11H3. The van der Waals surface area contributed by atoms with Crippen molar-refractivity contribution in [1.29, 1.82) is 0 Å². The van der Waals surface area contributed by atoms with Crippen LogP contribution >= 0.6 is 0 Å². The van der Waals surface area contributed by atoms with E-state index in [-0.39, 0.29) is 34.8 Å². The Morgan fingerprint density at radius 1 is 0.750 bits per heavy atom. The summed E-state index contributed by atoms with van der Waals surface area (Å²) in [4.78, 5) is 36.0. The lowest BCUT2D eigenvalue weighted by Gasteiger charge is -2.33. The number of anilines is 1. The fourth-order valence-corrected chi connectivity index (χ4v) is 6.83. The molecule has 262 valence electrons. The van der Waals surface area contributed by atoms with Crippen LogP contribution in [0.25, 0.3) is 0 Å². The average Bonchev–Trinajstić information content (AvgIpc) is 2.93. The highest BCUT2D eigenvalue weighted by atomic mass is 32.2. The minimum atomic E-state index is -4.07. The summed E-state index contributed by atoms with van der Waals surface area (Å²) in [5, 5.41) is -0.0932. The van der Waals surface area contributed by atoms with Crippen molar-refractivity contribution in [1.82, 2.24) is 14.3 Å². The predicted molar refractivity (Wildman–Crippen MR) is 188 cm³/mol. The second-order valence-corrected chi connectivity index (χ2v) is 17.8. The van der Waals surface area contributed by atoms with Gasteiger partial charge in [0.05, 0.1) is 12.2 Å². The lowest BCUT2D eigenvalue weighted by atomic mass is 9.72. The molecule has 0 radical (unpaired) electrons. The van der Waals surface area contributed by atoms with Crippen molar-refractivity contribution in [2.24, 2.45) is 5.41 Å². The number of amides is 1. The van der Waals surface area contributed by atoms with Crippen molar-refractivity contribution in [3.63, 3.8) is 0 Å². The minimum absolute atomic E-state index is 0.0541. The molecule has 0 N–H and O–H groups in total. The zero-order valence-corrected chi connectivity index (χ0v) is 31.1. The molecule has 0 atom stereocenters. The van der Waals surface area contributed by atoms with Crippen molar-refractivity contribution in [2.75, 3.05) is 11.4 Å². The number of hydrogen-bond donors (Lipinski definition) is 0. The molecular formula is C37H52N4O6S. The summed E-state index contributed by atoms with van der Waals surface area (Å²) in [5.41, 5.74) is 0.776. The highest BCUT2D eigenvalue weighted by Crippen LogP contribution is 2.36. The summed E-state index contributed by atoms with van der Waals surface area (Å²) in [5.74, 6) is -0.526. The third kappa shape index (κ3) is 11.7. The Hall–Kier alpha value is -3.83. The molecule has 0 bridgehead atoms. The van der Waals surface area contributed by atoms with Crippen LogP contribution in [0.3, 0.4) is 0 Å². The number of sulfonamides is 1. The predicted octanol–water partition coefficient (Wildman–Crippen LogP) is 7.66. The summed E-state index contributed by atoms with van der Waals surface area (Å²) in [6.45, 7) is 20.9. The summed E-state index contributed by atoms with van der Waals surface area (Å²) in [6, 6.07) is 17.6. The van der Waals surface area contributed by atoms with Gasteiger partial charge in [-0.1, -0.05) is 71.0 Å². The number of ether oxygens (including phenoxy) is 2. The normalized spacial score (nSPS) is 12.9. The number of carbonyl (C=O) groups is 2. The number of aromatic nitrogens is 2. The molecule has 1 aromatic carbocycles. The largest absolute Gasteiger partial charge is 0.459 e. The summed E-state index contributed by atoms with van der Waals surface area (Å²) >= 11 is 0. The average molecular weight is 681 g/mol. The highest BCUT2D eigenvalue weighted by molar-refractivity contribution is 7.89. The van der Waals surface area contributed by atoms with Crippen molar-refractivity contribution in [3.8, 4) is 0 Å². The van der Waals surface area contributed by atoms with E-state index in [1.54, 1.807) is 71.9 Å². The van der Waals surface area contributed by atoms with Crippen molar-refractivity contribution in [3.05, 3.63) is 83.7 Å². The van der Waals surface area contributed by atoms with Crippen LogP contribution in [0.15, 0.2) is 71.9 Å². The number of carbonyl (C=O) groups excluding carboxylic acids is 2. The maximum absolute atomic E-state index is 14.0. The molecule has 0 saturated heterocycles. The van der Waals surface area contributed by atoms with Gasteiger partial charge in [0.1, 0.15) is 23.6 Å². The first-order valence-corrected chi connectivity index (χ1v) is 17.6. The number of rotatable bonds is 11. The molecule has 1 amide bonds. The van der Waals surface area contributed by atoms with E-state index in [4.69, 9.17) is 9.47 Å². The number of nitrogens with zero attached hydrogens (tertiary/aromatic N) is 4. The number of pyridine rings is 2. The molecule has 3 rings (SSSR count). The van der Waals surface area contributed by atoms with Crippen molar-refractivity contribution < 1.29 is 27.5 Å². The number of benzene rings is 1. The summed E-state index contributed by atoms with van der Waals surface area (Å²) in [7, 11) is -4.07. The summed E-state index contributed by atoms with van der Waals surface area (Å²) < 4.78 is 40.3. The number of esters is 1. The van der Waals surface area contributed by atoms with Crippen molar-refractivity contribution in [2.45, 2.75) is 117 Å². The molecule has 0 saturated carbocycles. The summed E-state index contributed by atoms with van der Waals surface area (Å²) in [6.07, 6.45) is 1.63. The van der Waals surface area contributed by atoms with Crippen LogP contribution in [0.2, 0.25) is 0 Å². The van der Waals surface area contributed by atoms with E-state index < -0.39 is 39.8 Å². The second kappa shape index (κ2) is 14.7. The van der Waals surface area contributed by atoms with Crippen LogP contribution < -0.4 is 4.90 Å². The molecule has 0 aliphatic heterocycles. The molecule has 0 fully saturated rings. The van der Waals surface area contributed by atoms with E-state index in [1.165, 1.54) is 22.1 Å². The van der Waals surface area contributed by atoms with Crippen LogP contribution in [0, 0.1) is 5.41 Å². The SMILES string of the molecule is CC(C)(C)CC(C)(C)c1ccc(CN(Cc2cccc(N(CC(=O)OC(C)(C)C)C(=O)OC(C)(C)C)n2)S(=O)(=O)c2ccccn2)cc1. The Labute approximate surface area is 286 Å². The van der Waals surface area contributed by atoms with Crippen LogP contribution in [-0.4, -0.2) is 52.5 Å². The lowest BCUT2D eigenvalue weighted by Crippen LogP contribution is -2.42. The van der Waals surface area contributed by atoms with Gasteiger partial charge in [-0.15, -0.1) is 0 Å². The van der Waals surface area contributed by atoms with Gasteiger partial charge in [-0.05, 0) is 94.2 Å². The van der Waals surface area contributed by atoms with Crippen LogP contribution in [0.5, 0.6) is 0 Å². The Morgan fingerprint density at radius 3 is 1.92 bits per heavy atom. The zero-order valence-electron chi connectivity index (χ0n) is 30.3. The Balaban J connectivity index is 1.99. The smallest absolute Gasteiger partial charge is 0.416 e. The minimum Gasteiger partial charge on any atom is -0.459 e. The van der Waals surface area contributed by atoms with Gasteiger partial charge in [0, 0.05) is 12.7 Å². The van der Waals surface area contributed by atoms with Gasteiger partial charge in [-0.2, -0.15) is 4.31 Å². The third-order valence-corrected chi connectivity index (χ3v) is 8.74. The van der Waals surface area contributed by atoms with Gasteiger partial charge in [0.25, 0.3) is 10.0 Å². The van der Waals surface area contributed by atoms with Gasteiger partial charge < -0.3 is 9.47 Å². The van der Waals surface area contributed by atoms with Crippen LogP contribution in [0.1, 0.15) is 99.4 Å². The zero-order chi connectivity index (χ0) is 36.1. The molecule has 48 heavy (non-hydrogen) atoms. The molecule has 0 spiro atoms. The Morgan fingerprint density at radius 2 is 1.38 bits per heavy atom. The third-order valence-electron chi connectivity index (χ3n) is 7.04. The maximum Gasteiger partial charge on any atom is 0.416 e. The van der Waals surface area contributed by atoms with E-state index in [0.29, 0.717) is 5.69 Å². The first-order valence-electron chi connectivity index (χ1n) is 16.1. The van der Waals surface area contributed by atoms with Crippen molar-refractivity contribution >= 4 is 27.9 Å². The molecule has 2 aromatic heterocycles. The Kier molecular flexibility index (Phi) is 11.9.